The van der Waals surface area contributed by atoms with E-state index < -0.39 is 0 Å². The van der Waals surface area contributed by atoms with Crippen molar-refractivity contribution in [1.29, 1.82) is 0 Å². The van der Waals surface area contributed by atoms with Crippen LogP contribution in [-0.4, -0.2) is 21.1 Å². The van der Waals surface area contributed by atoms with Crippen LogP contribution in [0.1, 0.15) is 32.5 Å². The molecule has 1 amide bonds. The standard InChI is InChI=1S/C9H16N4O/c1-3-7(2)4-9(14)10-5-8-11-6-12-13-8/h6-7H,3-5H2,1-2H3,(H,10,14)(H,11,12,13). The van der Waals surface area contributed by atoms with E-state index in [0.717, 1.165) is 6.42 Å². The minimum atomic E-state index is 0.0655. The highest BCUT2D eigenvalue weighted by atomic mass is 16.1. The zero-order chi connectivity index (χ0) is 10.4. The SMILES string of the molecule is CCC(C)CC(=O)NCc1ncn[nH]1. The lowest BCUT2D eigenvalue weighted by molar-refractivity contribution is -0.122. The molecule has 1 aromatic heterocycles. The summed E-state index contributed by atoms with van der Waals surface area (Å²) in [5.41, 5.74) is 0. The topological polar surface area (TPSA) is 70.7 Å². The molecule has 0 radical (unpaired) electrons. The van der Waals surface area contributed by atoms with Gasteiger partial charge in [0.15, 0.2) is 0 Å². The molecule has 0 fully saturated rings. The molecule has 1 atom stereocenters. The van der Waals surface area contributed by atoms with Crippen LogP contribution in [0.25, 0.3) is 0 Å². The molecule has 0 aromatic carbocycles. The van der Waals surface area contributed by atoms with Crippen molar-refractivity contribution in [3.8, 4) is 0 Å². The van der Waals surface area contributed by atoms with E-state index in [1.165, 1.54) is 6.33 Å². The van der Waals surface area contributed by atoms with Crippen LogP contribution < -0.4 is 5.32 Å². The third kappa shape index (κ3) is 3.55. The van der Waals surface area contributed by atoms with Gasteiger partial charge in [0.1, 0.15) is 12.2 Å². The largest absolute Gasteiger partial charge is 0.349 e. The van der Waals surface area contributed by atoms with E-state index in [0.29, 0.717) is 24.7 Å². The van der Waals surface area contributed by atoms with E-state index in [-0.39, 0.29) is 5.91 Å². The zero-order valence-electron chi connectivity index (χ0n) is 8.58. The van der Waals surface area contributed by atoms with Crippen molar-refractivity contribution in [2.75, 3.05) is 0 Å². The molecule has 2 N–H and O–H groups in total. The molecule has 0 bridgehead atoms. The van der Waals surface area contributed by atoms with Crippen LogP contribution in [0.4, 0.5) is 0 Å². The fraction of sp³-hybridized carbons (Fsp3) is 0.667. The summed E-state index contributed by atoms with van der Waals surface area (Å²) in [7, 11) is 0. The molecule has 1 unspecified atom stereocenters. The molecular formula is C9H16N4O. The maximum absolute atomic E-state index is 11.3. The lowest BCUT2D eigenvalue weighted by Gasteiger charge is -2.07. The fourth-order valence-electron chi connectivity index (χ4n) is 1.03. The molecule has 0 aliphatic heterocycles. The van der Waals surface area contributed by atoms with Crippen molar-refractivity contribution in [3.63, 3.8) is 0 Å². The molecule has 0 spiro atoms. The number of hydrogen-bond donors (Lipinski definition) is 2. The average Bonchev–Trinajstić information content (AvgIpc) is 2.67. The van der Waals surface area contributed by atoms with Crippen LogP contribution in [0, 0.1) is 5.92 Å². The van der Waals surface area contributed by atoms with Gasteiger partial charge in [0.2, 0.25) is 5.91 Å². The van der Waals surface area contributed by atoms with Gasteiger partial charge in [-0.15, -0.1) is 0 Å². The van der Waals surface area contributed by atoms with E-state index in [2.05, 4.69) is 34.3 Å². The molecule has 1 rings (SSSR count). The number of carbonyl (C=O) groups excluding carboxylic acids is 1. The van der Waals surface area contributed by atoms with Crippen molar-refractivity contribution in [2.24, 2.45) is 5.92 Å². The molecule has 5 nitrogen and oxygen atoms in total. The van der Waals surface area contributed by atoms with Gasteiger partial charge in [0.25, 0.3) is 0 Å². The Morgan fingerprint density at radius 3 is 3.07 bits per heavy atom. The lowest BCUT2D eigenvalue weighted by Crippen LogP contribution is -2.24. The van der Waals surface area contributed by atoms with Gasteiger partial charge in [0, 0.05) is 6.42 Å². The van der Waals surface area contributed by atoms with Crippen molar-refractivity contribution >= 4 is 5.91 Å². The Morgan fingerprint density at radius 2 is 2.50 bits per heavy atom. The first kappa shape index (κ1) is 10.7. The van der Waals surface area contributed by atoms with Crippen molar-refractivity contribution < 1.29 is 4.79 Å². The first-order chi connectivity index (χ1) is 6.72. The minimum absolute atomic E-state index is 0.0655. The number of H-pyrrole nitrogens is 1. The summed E-state index contributed by atoms with van der Waals surface area (Å²) >= 11 is 0. The lowest BCUT2D eigenvalue weighted by atomic mass is 10.1. The van der Waals surface area contributed by atoms with Crippen molar-refractivity contribution in [2.45, 2.75) is 33.2 Å². The highest BCUT2D eigenvalue weighted by Crippen LogP contribution is 2.05. The van der Waals surface area contributed by atoms with E-state index in [1.54, 1.807) is 0 Å². The Bertz CT molecular complexity index is 270. The summed E-state index contributed by atoms with van der Waals surface area (Å²) in [5, 5.41) is 9.15. The van der Waals surface area contributed by atoms with Gasteiger partial charge in [-0.2, -0.15) is 5.10 Å². The Morgan fingerprint density at radius 1 is 1.71 bits per heavy atom. The van der Waals surface area contributed by atoms with E-state index in [9.17, 15) is 4.79 Å². The molecule has 14 heavy (non-hydrogen) atoms. The Hall–Kier alpha value is -1.39. The molecule has 78 valence electrons. The first-order valence-electron chi connectivity index (χ1n) is 4.83. The minimum Gasteiger partial charge on any atom is -0.349 e. The third-order valence-corrected chi connectivity index (χ3v) is 2.15. The summed E-state index contributed by atoms with van der Waals surface area (Å²) in [6.07, 6.45) is 3.02. The number of aromatic nitrogens is 3. The normalized spacial score (nSPS) is 12.4. The number of amides is 1. The molecule has 5 heteroatoms. The Kier molecular flexibility index (Phi) is 4.10. The average molecular weight is 196 g/mol. The van der Waals surface area contributed by atoms with Crippen molar-refractivity contribution in [3.05, 3.63) is 12.2 Å². The predicted octanol–water partition coefficient (Wildman–Crippen LogP) is 0.857. The van der Waals surface area contributed by atoms with Gasteiger partial charge < -0.3 is 5.32 Å². The van der Waals surface area contributed by atoms with Crippen LogP contribution in [-0.2, 0) is 11.3 Å². The van der Waals surface area contributed by atoms with E-state index in [4.69, 9.17) is 0 Å². The van der Waals surface area contributed by atoms with Crippen molar-refractivity contribution in [1.82, 2.24) is 20.5 Å². The van der Waals surface area contributed by atoms with Gasteiger partial charge in [-0.25, -0.2) is 4.98 Å². The maximum Gasteiger partial charge on any atom is 0.220 e. The second kappa shape index (κ2) is 5.36. The van der Waals surface area contributed by atoms with Gasteiger partial charge in [0.05, 0.1) is 6.54 Å². The van der Waals surface area contributed by atoms with Gasteiger partial charge in [-0.05, 0) is 5.92 Å². The van der Waals surface area contributed by atoms with Crippen LogP contribution >= 0.6 is 0 Å². The Balaban J connectivity index is 2.22. The number of nitrogens with one attached hydrogen (secondary N) is 2. The smallest absolute Gasteiger partial charge is 0.220 e. The molecule has 0 aliphatic rings. The molecule has 1 aromatic rings. The van der Waals surface area contributed by atoms with Crippen LogP contribution in [0.3, 0.4) is 0 Å². The zero-order valence-corrected chi connectivity index (χ0v) is 8.58. The van der Waals surface area contributed by atoms with Crippen LogP contribution in [0.2, 0.25) is 0 Å². The second-order valence-corrected chi connectivity index (χ2v) is 3.43. The summed E-state index contributed by atoms with van der Waals surface area (Å²) in [6.45, 7) is 4.57. The fourth-order valence-corrected chi connectivity index (χ4v) is 1.03. The number of rotatable bonds is 5. The van der Waals surface area contributed by atoms with Gasteiger partial charge in [-0.1, -0.05) is 20.3 Å². The quantitative estimate of drug-likeness (QED) is 0.733. The van der Waals surface area contributed by atoms with Crippen LogP contribution in [0.15, 0.2) is 6.33 Å². The third-order valence-electron chi connectivity index (χ3n) is 2.15. The van der Waals surface area contributed by atoms with E-state index in [1.807, 2.05) is 0 Å². The first-order valence-corrected chi connectivity index (χ1v) is 4.83. The van der Waals surface area contributed by atoms with Gasteiger partial charge >= 0.3 is 0 Å². The molecular weight excluding hydrogens is 180 g/mol. The Labute approximate surface area is 83.3 Å². The molecule has 0 saturated heterocycles. The summed E-state index contributed by atoms with van der Waals surface area (Å²) in [6, 6.07) is 0. The van der Waals surface area contributed by atoms with Gasteiger partial charge in [-0.3, -0.25) is 9.89 Å². The predicted molar refractivity (Wildman–Crippen MR) is 52.3 cm³/mol. The highest BCUT2D eigenvalue weighted by molar-refractivity contribution is 5.75. The summed E-state index contributed by atoms with van der Waals surface area (Å²) in [5.74, 6) is 1.18. The summed E-state index contributed by atoms with van der Waals surface area (Å²) < 4.78 is 0. The monoisotopic (exact) mass is 196 g/mol. The maximum atomic E-state index is 11.3. The number of hydrogen-bond acceptors (Lipinski definition) is 3. The summed E-state index contributed by atoms with van der Waals surface area (Å²) in [4.78, 5) is 15.2. The molecule has 0 aliphatic carbocycles. The number of nitrogens with zero attached hydrogens (tertiary/aromatic N) is 2. The van der Waals surface area contributed by atoms with E-state index >= 15 is 0 Å². The highest BCUT2D eigenvalue weighted by Gasteiger charge is 2.07. The number of carbonyl (C=O) groups is 1. The number of aromatic amines is 1. The second-order valence-electron chi connectivity index (χ2n) is 3.43. The van der Waals surface area contributed by atoms with Crippen LogP contribution in [0.5, 0.6) is 0 Å². The molecule has 0 saturated carbocycles. The molecule has 1 heterocycles.